The number of fused-ring (bicyclic) bond motifs is 5. The van der Waals surface area contributed by atoms with Crippen LogP contribution in [-0.2, 0) is 33.3 Å². The molecule has 5 fully saturated rings. The van der Waals surface area contributed by atoms with E-state index in [1.54, 1.807) is 0 Å². The van der Waals surface area contributed by atoms with Crippen molar-refractivity contribution in [2.75, 3.05) is 6.61 Å². The lowest BCUT2D eigenvalue weighted by Crippen LogP contribution is -2.63. The molecule has 8 atom stereocenters. The average Bonchev–Trinajstić information content (AvgIpc) is 3.30. The predicted octanol–water partition coefficient (Wildman–Crippen LogP) is 3.28. The zero-order valence-electron chi connectivity index (χ0n) is 20.2. The Labute approximate surface area is 194 Å². The second-order valence-electron chi connectivity index (χ2n) is 12.0. The summed E-state index contributed by atoms with van der Waals surface area (Å²) in [5.41, 5.74) is -0.804. The van der Waals surface area contributed by atoms with Crippen LogP contribution < -0.4 is 0 Å². The number of hydrogen-bond donors (Lipinski definition) is 0. The number of ether oxygens (including phenoxy) is 4. The van der Waals surface area contributed by atoms with Crippen molar-refractivity contribution in [1.82, 2.24) is 0 Å². The lowest BCUT2D eigenvalue weighted by Gasteiger charge is -2.57. The minimum Gasteiger partial charge on any atom is -0.458 e. The standard InChI is InChI=1S/C26H34O7/c1-14(27)30-13-19(29)26-20(31-22(2,3)33-26)11-18-17-7-6-15-10-16(28)8-9-23(15,4)25(17)21(32-25)12-24(18,26)5/h10,17-18,20-21H,6-9,11-13H2,1-5H3/t17-,18-,20?,21-,23-,24-,25+,26+/m0/s1. The molecule has 0 aromatic heterocycles. The van der Waals surface area contributed by atoms with E-state index in [1.807, 2.05) is 19.9 Å². The number of ketones is 2. The second-order valence-corrected chi connectivity index (χ2v) is 12.0. The van der Waals surface area contributed by atoms with Crippen molar-refractivity contribution in [3.8, 4) is 0 Å². The Hall–Kier alpha value is -1.57. The van der Waals surface area contributed by atoms with Gasteiger partial charge in [-0.05, 0) is 63.9 Å². The second kappa shape index (κ2) is 6.35. The first-order chi connectivity index (χ1) is 15.4. The van der Waals surface area contributed by atoms with E-state index < -0.39 is 22.8 Å². The third-order valence-corrected chi connectivity index (χ3v) is 10.1. The topological polar surface area (TPSA) is 91.4 Å². The Morgan fingerprint density at radius 2 is 1.85 bits per heavy atom. The summed E-state index contributed by atoms with van der Waals surface area (Å²) in [5, 5.41) is 0. The van der Waals surface area contributed by atoms with E-state index in [4.69, 9.17) is 18.9 Å². The van der Waals surface area contributed by atoms with Crippen LogP contribution in [0.15, 0.2) is 11.6 Å². The number of hydrogen-bond acceptors (Lipinski definition) is 7. The molecule has 0 radical (unpaired) electrons. The fraction of sp³-hybridized carbons (Fsp3) is 0.808. The van der Waals surface area contributed by atoms with Gasteiger partial charge in [0, 0.05) is 24.2 Å². The summed E-state index contributed by atoms with van der Waals surface area (Å²) in [7, 11) is 0. The highest BCUT2D eigenvalue weighted by Crippen LogP contribution is 2.77. The quantitative estimate of drug-likeness (QED) is 0.473. The first-order valence-corrected chi connectivity index (χ1v) is 12.4. The molecule has 0 aromatic carbocycles. The summed E-state index contributed by atoms with van der Waals surface area (Å²) in [5.74, 6) is -0.886. The Balaban J connectivity index is 1.41. The van der Waals surface area contributed by atoms with Crippen LogP contribution in [-0.4, -0.2) is 53.3 Å². The van der Waals surface area contributed by atoms with Crippen LogP contribution in [0.25, 0.3) is 0 Å². The maximum absolute atomic E-state index is 13.7. The maximum Gasteiger partial charge on any atom is 0.303 e. The molecular weight excluding hydrogens is 424 g/mol. The Morgan fingerprint density at radius 3 is 2.58 bits per heavy atom. The van der Waals surface area contributed by atoms with Gasteiger partial charge in [0.05, 0.1) is 12.2 Å². The SMILES string of the molecule is CC(=O)OCC(=O)[C@@]12OC(C)(C)OC1C[C@H]1[C@@H]3CCC4=CC(=O)CC[C@]4(C)[C@@]34O[C@H]4C[C@@]12C. The molecule has 180 valence electrons. The third-order valence-electron chi connectivity index (χ3n) is 10.1. The summed E-state index contributed by atoms with van der Waals surface area (Å²) < 4.78 is 24.7. The number of esters is 1. The molecule has 6 rings (SSSR count). The number of rotatable bonds is 3. The fourth-order valence-electron chi connectivity index (χ4n) is 8.89. The van der Waals surface area contributed by atoms with Gasteiger partial charge in [-0.2, -0.15) is 0 Å². The minimum atomic E-state index is -1.16. The molecule has 33 heavy (non-hydrogen) atoms. The molecule has 0 bridgehead atoms. The van der Waals surface area contributed by atoms with Crippen LogP contribution in [0.4, 0.5) is 0 Å². The zero-order chi connectivity index (χ0) is 23.6. The molecular formula is C26H34O7. The van der Waals surface area contributed by atoms with Gasteiger partial charge in [-0.15, -0.1) is 0 Å². The molecule has 2 saturated heterocycles. The van der Waals surface area contributed by atoms with Crippen molar-refractivity contribution in [2.24, 2.45) is 22.7 Å². The van der Waals surface area contributed by atoms with Gasteiger partial charge in [-0.25, -0.2) is 0 Å². The normalized spacial score (nSPS) is 50.8. The lowest BCUT2D eigenvalue weighted by atomic mass is 9.46. The monoisotopic (exact) mass is 458 g/mol. The van der Waals surface area contributed by atoms with Crippen LogP contribution in [0.5, 0.6) is 0 Å². The number of Topliss-reactive ketones (excluding diaryl/α,β-unsaturated/α-hetero) is 1. The molecule has 6 aliphatic rings. The largest absolute Gasteiger partial charge is 0.458 e. The Morgan fingerprint density at radius 1 is 1.09 bits per heavy atom. The maximum atomic E-state index is 13.7. The molecule has 1 unspecified atom stereocenters. The van der Waals surface area contributed by atoms with Crippen molar-refractivity contribution in [3.05, 3.63) is 11.6 Å². The first-order valence-electron chi connectivity index (χ1n) is 12.4. The van der Waals surface area contributed by atoms with E-state index >= 15 is 0 Å². The van der Waals surface area contributed by atoms with E-state index in [2.05, 4.69) is 13.8 Å². The summed E-state index contributed by atoms with van der Waals surface area (Å²) in [6.45, 7) is 9.16. The van der Waals surface area contributed by atoms with Gasteiger partial charge < -0.3 is 18.9 Å². The molecule has 7 heteroatoms. The Kier molecular flexibility index (Phi) is 4.22. The molecule has 0 N–H and O–H groups in total. The predicted molar refractivity (Wildman–Crippen MR) is 116 cm³/mol. The summed E-state index contributed by atoms with van der Waals surface area (Å²) in [6.07, 6.45) is 6.18. The highest BCUT2D eigenvalue weighted by molar-refractivity contribution is 5.93. The molecule has 2 heterocycles. The average molecular weight is 459 g/mol. The van der Waals surface area contributed by atoms with Crippen molar-refractivity contribution < 1.29 is 33.3 Å². The lowest BCUT2D eigenvalue weighted by molar-refractivity contribution is -0.212. The van der Waals surface area contributed by atoms with E-state index in [0.29, 0.717) is 12.8 Å². The molecule has 7 nitrogen and oxygen atoms in total. The highest BCUT2D eigenvalue weighted by Gasteiger charge is 2.84. The summed E-state index contributed by atoms with van der Waals surface area (Å²) >= 11 is 0. The van der Waals surface area contributed by atoms with Crippen molar-refractivity contribution in [2.45, 2.75) is 102 Å². The molecule has 4 aliphatic carbocycles. The molecule has 0 aromatic rings. The molecule has 1 spiro atoms. The zero-order valence-corrected chi connectivity index (χ0v) is 20.2. The molecule has 2 aliphatic heterocycles. The van der Waals surface area contributed by atoms with Crippen LogP contribution in [0.2, 0.25) is 0 Å². The van der Waals surface area contributed by atoms with Gasteiger partial charge in [0.1, 0.15) is 5.60 Å². The summed E-state index contributed by atoms with van der Waals surface area (Å²) in [6, 6.07) is 0. The Bertz CT molecular complexity index is 999. The number of carbonyl (C=O) groups is 3. The van der Waals surface area contributed by atoms with Gasteiger partial charge in [-0.3, -0.25) is 14.4 Å². The number of carbonyl (C=O) groups excluding carboxylic acids is 3. The van der Waals surface area contributed by atoms with E-state index in [1.165, 1.54) is 12.5 Å². The van der Waals surface area contributed by atoms with Crippen LogP contribution in [0.1, 0.15) is 73.1 Å². The van der Waals surface area contributed by atoms with Gasteiger partial charge in [-0.1, -0.05) is 19.4 Å². The van der Waals surface area contributed by atoms with Crippen molar-refractivity contribution in [1.29, 1.82) is 0 Å². The van der Waals surface area contributed by atoms with Gasteiger partial charge >= 0.3 is 5.97 Å². The van der Waals surface area contributed by atoms with E-state index in [0.717, 1.165) is 25.7 Å². The van der Waals surface area contributed by atoms with Crippen LogP contribution in [0.3, 0.4) is 0 Å². The molecule has 3 saturated carbocycles. The summed E-state index contributed by atoms with van der Waals surface area (Å²) in [4.78, 5) is 37.4. The van der Waals surface area contributed by atoms with E-state index in [9.17, 15) is 14.4 Å². The smallest absolute Gasteiger partial charge is 0.303 e. The van der Waals surface area contributed by atoms with Crippen molar-refractivity contribution >= 4 is 17.5 Å². The highest BCUT2D eigenvalue weighted by atomic mass is 16.8. The van der Waals surface area contributed by atoms with Crippen LogP contribution >= 0.6 is 0 Å². The van der Waals surface area contributed by atoms with Gasteiger partial charge in [0.25, 0.3) is 0 Å². The van der Waals surface area contributed by atoms with E-state index in [-0.39, 0.29) is 53.2 Å². The minimum absolute atomic E-state index is 0.0233. The van der Waals surface area contributed by atoms with Crippen molar-refractivity contribution in [3.63, 3.8) is 0 Å². The first kappa shape index (κ1) is 21.9. The van der Waals surface area contributed by atoms with Gasteiger partial charge in [0.15, 0.2) is 23.8 Å². The molecule has 0 amide bonds. The fourth-order valence-corrected chi connectivity index (χ4v) is 8.89. The van der Waals surface area contributed by atoms with Crippen LogP contribution in [0, 0.1) is 22.7 Å². The third kappa shape index (κ3) is 2.49. The number of epoxide rings is 1. The van der Waals surface area contributed by atoms with Gasteiger partial charge in [0.2, 0.25) is 5.78 Å².